The Morgan fingerprint density at radius 1 is 1.17 bits per heavy atom. The summed E-state index contributed by atoms with van der Waals surface area (Å²) in [6, 6.07) is 10.4. The highest BCUT2D eigenvalue weighted by Crippen LogP contribution is 2.23. The SMILES string of the molecule is Oc1ccc(Cl)cc1C(=S)Nc1ccc(F)cc1. The maximum atomic E-state index is 12.7. The smallest absolute Gasteiger partial charge is 0.125 e. The number of phenols is 1. The zero-order valence-electron chi connectivity index (χ0n) is 9.15. The molecule has 5 heteroatoms. The minimum Gasteiger partial charge on any atom is -0.507 e. The van der Waals surface area contributed by atoms with Crippen LogP contribution in [0.1, 0.15) is 5.56 Å². The number of phenolic OH excluding ortho intramolecular Hbond substituents is 1. The monoisotopic (exact) mass is 281 g/mol. The molecule has 0 aliphatic carbocycles. The Bertz CT molecular complexity index is 586. The molecule has 0 aliphatic heterocycles. The van der Waals surface area contributed by atoms with Crippen LogP contribution in [0.3, 0.4) is 0 Å². The first-order chi connectivity index (χ1) is 8.56. The number of rotatable bonds is 2. The van der Waals surface area contributed by atoms with E-state index in [0.717, 1.165) is 0 Å². The minimum absolute atomic E-state index is 0.0408. The van der Waals surface area contributed by atoms with Crippen LogP contribution in [-0.4, -0.2) is 10.1 Å². The zero-order chi connectivity index (χ0) is 13.1. The lowest BCUT2D eigenvalue weighted by Crippen LogP contribution is -2.10. The summed E-state index contributed by atoms with van der Waals surface area (Å²) in [6.45, 7) is 0. The van der Waals surface area contributed by atoms with Crippen molar-refractivity contribution in [1.29, 1.82) is 0 Å². The maximum Gasteiger partial charge on any atom is 0.125 e. The van der Waals surface area contributed by atoms with E-state index in [2.05, 4.69) is 5.32 Å². The van der Waals surface area contributed by atoms with E-state index < -0.39 is 0 Å². The molecule has 0 spiro atoms. The van der Waals surface area contributed by atoms with Gasteiger partial charge in [-0.2, -0.15) is 0 Å². The van der Waals surface area contributed by atoms with E-state index in [4.69, 9.17) is 23.8 Å². The van der Waals surface area contributed by atoms with E-state index in [-0.39, 0.29) is 11.6 Å². The predicted molar refractivity (Wildman–Crippen MR) is 74.8 cm³/mol. The number of aromatic hydroxyl groups is 1. The number of anilines is 1. The van der Waals surface area contributed by atoms with Gasteiger partial charge in [-0.05, 0) is 42.5 Å². The van der Waals surface area contributed by atoms with Gasteiger partial charge < -0.3 is 10.4 Å². The Labute approximate surface area is 114 Å². The summed E-state index contributed by atoms with van der Waals surface area (Å²) < 4.78 is 12.7. The highest BCUT2D eigenvalue weighted by molar-refractivity contribution is 7.81. The van der Waals surface area contributed by atoms with Crippen LogP contribution in [0.25, 0.3) is 0 Å². The molecule has 2 aromatic rings. The third kappa shape index (κ3) is 2.97. The lowest BCUT2D eigenvalue weighted by Gasteiger charge is -2.09. The van der Waals surface area contributed by atoms with Crippen LogP contribution < -0.4 is 5.32 Å². The van der Waals surface area contributed by atoms with Gasteiger partial charge in [0.25, 0.3) is 0 Å². The van der Waals surface area contributed by atoms with Crippen LogP contribution in [0.2, 0.25) is 5.02 Å². The van der Waals surface area contributed by atoms with Crippen molar-refractivity contribution in [3.05, 3.63) is 58.9 Å². The molecule has 92 valence electrons. The predicted octanol–water partition coefficient (Wildman–Crippen LogP) is 3.97. The summed E-state index contributed by atoms with van der Waals surface area (Å²) in [6.07, 6.45) is 0. The first-order valence-electron chi connectivity index (χ1n) is 5.12. The molecule has 2 aromatic carbocycles. The molecule has 0 amide bonds. The number of nitrogens with one attached hydrogen (secondary N) is 1. The number of hydrogen-bond donors (Lipinski definition) is 2. The Hall–Kier alpha value is -1.65. The minimum atomic E-state index is -0.322. The highest BCUT2D eigenvalue weighted by atomic mass is 35.5. The Morgan fingerprint density at radius 3 is 2.50 bits per heavy atom. The molecule has 0 aromatic heterocycles. The van der Waals surface area contributed by atoms with Gasteiger partial charge in [-0.15, -0.1) is 0 Å². The van der Waals surface area contributed by atoms with Crippen LogP contribution in [0.15, 0.2) is 42.5 Å². The fraction of sp³-hybridized carbons (Fsp3) is 0. The largest absolute Gasteiger partial charge is 0.507 e. The van der Waals surface area contributed by atoms with Crippen LogP contribution in [0.4, 0.5) is 10.1 Å². The molecule has 0 bridgehead atoms. The summed E-state index contributed by atoms with van der Waals surface area (Å²) in [5.74, 6) is -0.281. The van der Waals surface area contributed by atoms with Gasteiger partial charge in [0.15, 0.2) is 0 Å². The van der Waals surface area contributed by atoms with E-state index in [9.17, 15) is 9.50 Å². The molecule has 2 N–H and O–H groups in total. The second-order valence-electron chi connectivity index (χ2n) is 3.62. The Kier molecular flexibility index (Phi) is 3.79. The fourth-order valence-electron chi connectivity index (χ4n) is 1.42. The van der Waals surface area contributed by atoms with Crippen molar-refractivity contribution in [3.8, 4) is 5.75 Å². The second-order valence-corrected chi connectivity index (χ2v) is 4.47. The van der Waals surface area contributed by atoms with E-state index in [1.165, 1.54) is 18.2 Å². The molecule has 0 fully saturated rings. The average Bonchev–Trinajstić information content (AvgIpc) is 2.35. The average molecular weight is 282 g/mol. The number of halogens is 2. The zero-order valence-corrected chi connectivity index (χ0v) is 10.7. The van der Waals surface area contributed by atoms with Gasteiger partial charge >= 0.3 is 0 Å². The summed E-state index contributed by atoms with van der Waals surface area (Å²) >= 11 is 11.0. The fourth-order valence-corrected chi connectivity index (χ4v) is 1.88. The van der Waals surface area contributed by atoms with Gasteiger partial charge in [0.05, 0.1) is 5.56 Å². The van der Waals surface area contributed by atoms with Gasteiger partial charge in [-0.25, -0.2) is 4.39 Å². The van der Waals surface area contributed by atoms with Crippen LogP contribution >= 0.6 is 23.8 Å². The third-order valence-corrected chi connectivity index (χ3v) is 2.86. The van der Waals surface area contributed by atoms with Gasteiger partial charge in [-0.1, -0.05) is 23.8 Å². The molecule has 0 heterocycles. The molecular formula is C13H9ClFNOS. The van der Waals surface area contributed by atoms with Crippen LogP contribution in [0.5, 0.6) is 5.75 Å². The summed E-state index contributed by atoms with van der Waals surface area (Å²) in [4.78, 5) is 0.321. The standard InChI is InChI=1S/C13H9ClFNOS/c14-8-1-6-12(17)11(7-8)13(18)16-10-4-2-9(15)3-5-10/h1-7,17H,(H,16,18). The van der Waals surface area contributed by atoms with Crippen molar-refractivity contribution in [3.63, 3.8) is 0 Å². The van der Waals surface area contributed by atoms with Gasteiger partial charge in [0.2, 0.25) is 0 Å². The highest BCUT2D eigenvalue weighted by Gasteiger charge is 2.08. The van der Waals surface area contributed by atoms with Crippen molar-refractivity contribution < 1.29 is 9.50 Å². The van der Waals surface area contributed by atoms with Gasteiger partial charge in [0.1, 0.15) is 16.6 Å². The normalized spacial score (nSPS) is 10.1. The molecule has 2 rings (SSSR count). The molecule has 0 saturated carbocycles. The molecule has 0 radical (unpaired) electrons. The first-order valence-corrected chi connectivity index (χ1v) is 5.90. The molecule has 18 heavy (non-hydrogen) atoms. The van der Waals surface area contributed by atoms with Crippen LogP contribution in [0, 0.1) is 5.82 Å². The maximum absolute atomic E-state index is 12.7. The van der Waals surface area contributed by atoms with E-state index in [1.807, 2.05) is 0 Å². The molecule has 2 nitrogen and oxygen atoms in total. The van der Waals surface area contributed by atoms with E-state index in [1.54, 1.807) is 24.3 Å². The molecular weight excluding hydrogens is 273 g/mol. The lowest BCUT2D eigenvalue weighted by molar-refractivity contribution is 0.474. The van der Waals surface area contributed by atoms with Crippen molar-refractivity contribution in [1.82, 2.24) is 0 Å². The van der Waals surface area contributed by atoms with E-state index in [0.29, 0.717) is 21.3 Å². The van der Waals surface area contributed by atoms with Crippen molar-refractivity contribution in [2.24, 2.45) is 0 Å². The van der Waals surface area contributed by atoms with Crippen molar-refractivity contribution in [2.75, 3.05) is 5.32 Å². The Morgan fingerprint density at radius 2 is 1.83 bits per heavy atom. The van der Waals surface area contributed by atoms with E-state index >= 15 is 0 Å². The topological polar surface area (TPSA) is 32.3 Å². The van der Waals surface area contributed by atoms with Crippen LogP contribution in [-0.2, 0) is 0 Å². The molecule has 0 saturated heterocycles. The second kappa shape index (κ2) is 5.33. The molecule has 0 unspecified atom stereocenters. The van der Waals surface area contributed by atoms with Gasteiger partial charge in [-0.3, -0.25) is 0 Å². The lowest BCUT2D eigenvalue weighted by atomic mass is 10.2. The van der Waals surface area contributed by atoms with Crippen molar-refractivity contribution >= 4 is 34.5 Å². The van der Waals surface area contributed by atoms with Crippen molar-refractivity contribution in [2.45, 2.75) is 0 Å². The Balaban J connectivity index is 2.21. The summed E-state index contributed by atoms with van der Waals surface area (Å²) in [7, 11) is 0. The number of benzene rings is 2. The number of thiocarbonyl (C=S) groups is 1. The third-order valence-electron chi connectivity index (χ3n) is 2.31. The van der Waals surface area contributed by atoms with Gasteiger partial charge in [0, 0.05) is 10.7 Å². The summed E-state index contributed by atoms with van der Waals surface area (Å²) in [5, 5.41) is 13.1. The molecule has 0 aliphatic rings. The quantitative estimate of drug-likeness (QED) is 0.817. The number of hydrogen-bond acceptors (Lipinski definition) is 2. The molecule has 0 atom stereocenters. The first kappa shape index (κ1) is 12.8. The summed E-state index contributed by atoms with van der Waals surface area (Å²) in [5.41, 5.74) is 1.07.